The van der Waals surface area contributed by atoms with Gasteiger partial charge in [0.2, 0.25) is 0 Å². The second-order valence-electron chi connectivity index (χ2n) is 3.07. The van der Waals surface area contributed by atoms with Gasteiger partial charge in [-0.05, 0) is 6.42 Å². The molecule has 0 aromatic carbocycles. The molecule has 0 aliphatic carbocycles. The van der Waals surface area contributed by atoms with Gasteiger partial charge < -0.3 is 20.5 Å². The fourth-order valence-corrected chi connectivity index (χ4v) is 0.898. The molecule has 16 heavy (non-hydrogen) atoms. The number of hydrogen-bond donors (Lipinski definition) is 3. The third-order valence-corrected chi connectivity index (χ3v) is 1.74. The molecule has 0 saturated carbocycles. The average molecular weight is 232 g/mol. The Labute approximate surface area is 93.2 Å². The Morgan fingerprint density at radius 1 is 1.38 bits per heavy atom. The minimum atomic E-state index is -1.28. The highest BCUT2D eigenvalue weighted by molar-refractivity contribution is 5.86. The van der Waals surface area contributed by atoms with E-state index in [4.69, 9.17) is 5.11 Å². The average Bonchev–Trinajstić information content (AvgIpc) is 2.24. The summed E-state index contributed by atoms with van der Waals surface area (Å²) in [6, 6.07) is -1.89. The van der Waals surface area contributed by atoms with Crippen molar-refractivity contribution in [2.24, 2.45) is 0 Å². The molecule has 0 fully saturated rings. The van der Waals surface area contributed by atoms with Gasteiger partial charge >= 0.3 is 18.0 Å². The molecule has 0 spiro atoms. The van der Waals surface area contributed by atoms with E-state index in [1.165, 1.54) is 0 Å². The number of carboxylic acid groups (broad SMARTS) is 1. The van der Waals surface area contributed by atoms with E-state index in [9.17, 15) is 14.4 Å². The van der Waals surface area contributed by atoms with Gasteiger partial charge in [-0.15, -0.1) is 0 Å². The molecule has 0 rings (SSSR count). The molecule has 7 heteroatoms. The van der Waals surface area contributed by atoms with Crippen LogP contribution in [-0.2, 0) is 14.3 Å². The van der Waals surface area contributed by atoms with E-state index in [1.807, 2.05) is 6.92 Å². The molecular weight excluding hydrogens is 216 g/mol. The standard InChI is InChI=1S/C9H16N2O5/c1-3-4-10-9(15)11-6(8(13)14)5-7(12)16-2/h6H,3-5H2,1-2H3,(H,13,14)(H2,10,11,15)/t6-/m0/s1. The van der Waals surface area contributed by atoms with Gasteiger partial charge in [0.15, 0.2) is 0 Å². The highest BCUT2D eigenvalue weighted by Gasteiger charge is 2.23. The maximum Gasteiger partial charge on any atom is 0.326 e. The molecule has 0 radical (unpaired) electrons. The maximum absolute atomic E-state index is 11.1. The van der Waals surface area contributed by atoms with Crippen molar-refractivity contribution < 1.29 is 24.2 Å². The molecule has 0 aliphatic rings. The van der Waals surface area contributed by atoms with Gasteiger partial charge in [0.25, 0.3) is 0 Å². The fourth-order valence-electron chi connectivity index (χ4n) is 0.898. The molecule has 0 heterocycles. The maximum atomic E-state index is 11.1. The number of esters is 1. The second kappa shape index (κ2) is 7.49. The normalized spacial score (nSPS) is 11.4. The van der Waals surface area contributed by atoms with Crippen molar-refractivity contribution in [2.45, 2.75) is 25.8 Å². The van der Waals surface area contributed by atoms with Crippen LogP contribution in [0.4, 0.5) is 4.79 Å². The van der Waals surface area contributed by atoms with Crippen molar-refractivity contribution in [1.82, 2.24) is 10.6 Å². The smallest absolute Gasteiger partial charge is 0.326 e. The lowest BCUT2D eigenvalue weighted by Crippen LogP contribution is -2.47. The van der Waals surface area contributed by atoms with Crippen molar-refractivity contribution in [2.75, 3.05) is 13.7 Å². The quantitative estimate of drug-likeness (QED) is 0.546. The van der Waals surface area contributed by atoms with E-state index in [1.54, 1.807) is 0 Å². The lowest BCUT2D eigenvalue weighted by atomic mass is 10.2. The van der Waals surface area contributed by atoms with E-state index in [0.29, 0.717) is 6.54 Å². The Hall–Kier alpha value is -1.79. The summed E-state index contributed by atoms with van der Waals surface area (Å²) < 4.78 is 4.32. The zero-order chi connectivity index (χ0) is 12.6. The largest absolute Gasteiger partial charge is 0.480 e. The summed E-state index contributed by atoms with van der Waals surface area (Å²) in [5.74, 6) is -1.97. The number of hydrogen-bond acceptors (Lipinski definition) is 4. The number of methoxy groups -OCH3 is 1. The number of carbonyl (C=O) groups is 3. The number of carbonyl (C=O) groups excluding carboxylic acids is 2. The zero-order valence-electron chi connectivity index (χ0n) is 9.28. The molecule has 0 aliphatic heterocycles. The fraction of sp³-hybridized carbons (Fsp3) is 0.667. The van der Waals surface area contributed by atoms with E-state index in [2.05, 4.69) is 15.4 Å². The summed E-state index contributed by atoms with van der Waals surface area (Å²) in [6.45, 7) is 2.31. The molecule has 92 valence electrons. The van der Waals surface area contributed by atoms with Gasteiger partial charge in [-0.3, -0.25) is 4.79 Å². The number of rotatable bonds is 6. The number of nitrogens with one attached hydrogen (secondary N) is 2. The van der Waals surface area contributed by atoms with Crippen LogP contribution in [0.5, 0.6) is 0 Å². The van der Waals surface area contributed by atoms with Crippen LogP contribution < -0.4 is 10.6 Å². The monoisotopic (exact) mass is 232 g/mol. The van der Waals surface area contributed by atoms with Crippen LogP contribution >= 0.6 is 0 Å². The first kappa shape index (κ1) is 14.2. The summed E-state index contributed by atoms with van der Waals surface area (Å²) in [5.41, 5.74) is 0. The third kappa shape index (κ3) is 5.84. The highest BCUT2D eigenvalue weighted by Crippen LogP contribution is 1.94. The molecule has 7 nitrogen and oxygen atoms in total. The van der Waals surface area contributed by atoms with Crippen molar-refractivity contribution in [3.63, 3.8) is 0 Å². The zero-order valence-corrected chi connectivity index (χ0v) is 9.28. The second-order valence-corrected chi connectivity index (χ2v) is 3.07. The number of aliphatic carboxylic acids is 1. The van der Waals surface area contributed by atoms with E-state index < -0.39 is 30.4 Å². The van der Waals surface area contributed by atoms with Gasteiger partial charge in [0.1, 0.15) is 6.04 Å². The minimum Gasteiger partial charge on any atom is -0.480 e. The predicted octanol–water partition coefficient (Wildman–Crippen LogP) is -0.288. The van der Waals surface area contributed by atoms with Crippen LogP contribution in [0.25, 0.3) is 0 Å². The Morgan fingerprint density at radius 2 is 2.00 bits per heavy atom. The number of amides is 2. The molecule has 0 aromatic heterocycles. The van der Waals surface area contributed by atoms with E-state index in [-0.39, 0.29) is 0 Å². The molecule has 0 unspecified atom stereocenters. The van der Waals surface area contributed by atoms with E-state index >= 15 is 0 Å². The van der Waals surface area contributed by atoms with E-state index in [0.717, 1.165) is 13.5 Å². The third-order valence-electron chi connectivity index (χ3n) is 1.74. The van der Waals surface area contributed by atoms with Crippen LogP contribution in [0.2, 0.25) is 0 Å². The number of ether oxygens (including phenoxy) is 1. The van der Waals surface area contributed by atoms with Gasteiger partial charge in [-0.25, -0.2) is 9.59 Å². The van der Waals surface area contributed by atoms with Gasteiger partial charge in [-0.1, -0.05) is 6.92 Å². The summed E-state index contributed by atoms with van der Waals surface area (Å²) in [4.78, 5) is 32.7. The Bertz CT molecular complexity index is 267. The SMILES string of the molecule is CCCNC(=O)N[C@@H](CC(=O)OC)C(=O)O. The topological polar surface area (TPSA) is 105 Å². The molecule has 1 atom stereocenters. The predicted molar refractivity (Wildman–Crippen MR) is 54.9 cm³/mol. The first-order valence-electron chi connectivity index (χ1n) is 4.85. The number of carboxylic acids is 1. The van der Waals surface area contributed by atoms with Crippen molar-refractivity contribution in [3.05, 3.63) is 0 Å². The minimum absolute atomic E-state index is 0.397. The van der Waals surface area contributed by atoms with Crippen LogP contribution in [0.3, 0.4) is 0 Å². The van der Waals surface area contributed by atoms with Crippen molar-refractivity contribution in [1.29, 1.82) is 0 Å². The molecule has 3 N–H and O–H groups in total. The lowest BCUT2D eigenvalue weighted by Gasteiger charge is -2.13. The summed E-state index contributed by atoms with van der Waals surface area (Å²) in [5, 5.41) is 13.4. The Morgan fingerprint density at radius 3 is 2.44 bits per heavy atom. The summed E-state index contributed by atoms with van der Waals surface area (Å²) >= 11 is 0. The van der Waals surface area contributed by atoms with Gasteiger partial charge in [0.05, 0.1) is 13.5 Å². The van der Waals surface area contributed by atoms with Gasteiger partial charge in [0, 0.05) is 6.54 Å². The highest BCUT2D eigenvalue weighted by atomic mass is 16.5. The van der Waals surface area contributed by atoms with Crippen LogP contribution in [0.1, 0.15) is 19.8 Å². The summed E-state index contributed by atoms with van der Waals surface area (Å²) in [6.07, 6.45) is 0.341. The molecule has 0 aromatic rings. The summed E-state index contributed by atoms with van der Waals surface area (Å²) in [7, 11) is 1.15. The van der Waals surface area contributed by atoms with Crippen LogP contribution in [-0.4, -0.2) is 42.8 Å². The van der Waals surface area contributed by atoms with Crippen molar-refractivity contribution >= 4 is 18.0 Å². The molecule has 2 amide bonds. The molecule has 0 saturated heterocycles. The Kier molecular flexibility index (Phi) is 6.66. The molecule has 0 bridgehead atoms. The lowest BCUT2D eigenvalue weighted by molar-refractivity contribution is -0.147. The molecular formula is C9H16N2O5. The van der Waals surface area contributed by atoms with Crippen molar-refractivity contribution in [3.8, 4) is 0 Å². The van der Waals surface area contributed by atoms with Crippen LogP contribution in [0.15, 0.2) is 0 Å². The first-order valence-corrected chi connectivity index (χ1v) is 4.85. The van der Waals surface area contributed by atoms with Crippen LogP contribution in [0, 0.1) is 0 Å². The number of urea groups is 1. The van der Waals surface area contributed by atoms with Gasteiger partial charge in [-0.2, -0.15) is 0 Å². The Balaban J connectivity index is 4.17. The first-order chi connectivity index (χ1) is 7.51.